The monoisotopic (exact) mass is 284 g/mol. The highest BCUT2D eigenvalue weighted by Gasteiger charge is 2.16. The van der Waals surface area contributed by atoms with E-state index in [1.165, 1.54) is 18.3 Å². The molecule has 19 heavy (non-hydrogen) atoms. The molecule has 0 aliphatic carbocycles. The van der Waals surface area contributed by atoms with E-state index in [1.54, 1.807) is 6.07 Å². The van der Waals surface area contributed by atoms with Crippen molar-refractivity contribution in [2.75, 3.05) is 11.9 Å². The topological polar surface area (TPSA) is 95.5 Å². The summed E-state index contributed by atoms with van der Waals surface area (Å²) in [5, 5.41) is 14.5. The Hall–Kier alpha value is -1.89. The van der Waals surface area contributed by atoms with E-state index in [0.717, 1.165) is 4.88 Å². The van der Waals surface area contributed by atoms with Crippen molar-refractivity contribution in [1.29, 1.82) is 0 Å². The zero-order valence-electron chi connectivity index (χ0n) is 10.8. The predicted molar refractivity (Wildman–Crippen MR) is 72.6 cm³/mol. The lowest BCUT2D eigenvalue weighted by Crippen LogP contribution is -2.25. The molecule has 0 unspecified atom stereocenters. The number of thiophene rings is 1. The Morgan fingerprint density at radius 2 is 2.05 bits per heavy atom. The Balaban J connectivity index is 2.65. The fourth-order valence-electron chi connectivity index (χ4n) is 1.41. The number of carbonyl (C=O) groups excluding carboxylic acids is 2. The van der Waals surface area contributed by atoms with Crippen LogP contribution in [0.4, 0.5) is 5.00 Å². The molecule has 0 atom stereocenters. The molecule has 0 saturated carbocycles. The molecule has 0 bridgehead atoms. The summed E-state index contributed by atoms with van der Waals surface area (Å²) in [6.07, 6.45) is 0.824. The fourth-order valence-corrected chi connectivity index (χ4v) is 2.41. The number of amides is 2. The molecule has 0 saturated heterocycles. The SMILES string of the molecule is CCc1cc(C(=O)O)c(NC(=O)CCNC(C)=O)s1. The first-order valence-electron chi connectivity index (χ1n) is 5.84. The van der Waals surface area contributed by atoms with Crippen LogP contribution in [0.2, 0.25) is 0 Å². The Kier molecular flexibility index (Phi) is 5.50. The molecule has 1 aromatic heterocycles. The number of nitrogens with one attached hydrogen (secondary N) is 2. The van der Waals surface area contributed by atoms with E-state index < -0.39 is 5.97 Å². The lowest BCUT2D eigenvalue weighted by molar-refractivity contribution is -0.119. The summed E-state index contributed by atoms with van der Waals surface area (Å²) in [4.78, 5) is 34.2. The largest absolute Gasteiger partial charge is 0.478 e. The molecule has 0 radical (unpaired) electrons. The molecule has 0 fully saturated rings. The molecular weight excluding hydrogens is 268 g/mol. The fraction of sp³-hybridized carbons (Fsp3) is 0.417. The van der Waals surface area contributed by atoms with E-state index >= 15 is 0 Å². The van der Waals surface area contributed by atoms with Gasteiger partial charge in [0.05, 0.1) is 5.56 Å². The number of hydrogen-bond acceptors (Lipinski definition) is 4. The van der Waals surface area contributed by atoms with Gasteiger partial charge in [0.25, 0.3) is 0 Å². The van der Waals surface area contributed by atoms with Crippen LogP contribution < -0.4 is 10.6 Å². The van der Waals surface area contributed by atoms with Crippen molar-refractivity contribution in [3.05, 3.63) is 16.5 Å². The molecule has 2 amide bonds. The van der Waals surface area contributed by atoms with Crippen LogP contribution >= 0.6 is 11.3 Å². The second-order valence-electron chi connectivity index (χ2n) is 3.90. The molecule has 0 spiro atoms. The normalized spacial score (nSPS) is 10.0. The van der Waals surface area contributed by atoms with Crippen LogP contribution in [0, 0.1) is 0 Å². The van der Waals surface area contributed by atoms with Crippen LogP contribution in [0.3, 0.4) is 0 Å². The van der Waals surface area contributed by atoms with E-state index in [1.807, 2.05) is 6.92 Å². The van der Waals surface area contributed by atoms with Crippen molar-refractivity contribution < 1.29 is 19.5 Å². The van der Waals surface area contributed by atoms with E-state index in [-0.39, 0.29) is 30.3 Å². The van der Waals surface area contributed by atoms with Gasteiger partial charge in [0.1, 0.15) is 5.00 Å². The van der Waals surface area contributed by atoms with Gasteiger partial charge in [-0.15, -0.1) is 11.3 Å². The quantitative estimate of drug-likeness (QED) is 0.737. The Morgan fingerprint density at radius 1 is 1.37 bits per heavy atom. The number of aromatic carboxylic acids is 1. The lowest BCUT2D eigenvalue weighted by atomic mass is 10.2. The number of hydrogen-bond donors (Lipinski definition) is 3. The van der Waals surface area contributed by atoms with Crippen molar-refractivity contribution in [3.63, 3.8) is 0 Å². The summed E-state index contributed by atoms with van der Waals surface area (Å²) in [7, 11) is 0. The van der Waals surface area contributed by atoms with Gasteiger partial charge in [-0.1, -0.05) is 6.92 Å². The zero-order chi connectivity index (χ0) is 14.4. The minimum Gasteiger partial charge on any atom is -0.478 e. The summed E-state index contributed by atoms with van der Waals surface area (Å²) < 4.78 is 0. The van der Waals surface area contributed by atoms with Crippen molar-refractivity contribution >= 4 is 34.1 Å². The number of carboxylic acid groups (broad SMARTS) is 1. The molecular formula is C12H16N2O4S. The maximum atomic E-state index is 11.6. The highest BCUT2D eigenvalue weighted by molar-refractivity contribution is 7.16. The summed E-state index contributed by atoms with van der Waals surface area (Å²) in [5.74, 6) is -1.59. The molecule has 104 valence electrons. The van der Waals surface area contributed by atoms with Crippen LogP contribution in [-0.4, -0.2) is 29.4 Å². The van der Waals surface area contributed by atoms with Crippen molar-refractivity contribution in [2.45, 2.75) is 26.7 Å². The Morgan fingerprint density at radius 3 is 2.58 bits per heavy atom. The maximum Gasteiger partial charge on any atom is 0.338 e. The van der Waals surface area contributed by atoms with E-state index in [2.05, 4.69) is 10.6 Å². The van der Waals surface area contributed by atoms with Crippen LogP contribution in [0.1, 0.15) is 35.5 Å². The summed E-state index contributed by atoms with van der Waals surface area (Å²) in [5.41, 5.74) is 0.106. The average molecular weight is 284 g/mol. The van der Waals surface area contributed by atoms with Gasteiger partial charge >= 0.3 is 5.97 Å². The number of carbonyl (C=O) groups is 3. The molecule has 0 aliphatic heterocycles. The van der Waals surface area contributed by atoms with E-state index in [4.69, 9.17) is 5.11 Å². The summed E-state index contributed by atoms with van der Waals surface area (Å²) in [6, 6.07) is 1.57. The molecule has 7 heteroatoms. The van der Waals surface area contributed by atoms with Crippen LogP contribution in [0.25, 0.3) is 0 Å². The highest BCUT2D eigenvalue weighted by Crippen LogP contribution is 2.28. The summed E-state index contributed by atoms with van der Waals surface area (Å²) >= 11 is 1.26. The minimum atomic E-state index is -1.06. The third-order valence-corrected chi connectivity index (χ3v) is 3.54. The van der Waals surface area contributed by atoms with Gasteiger partial charge < -0.3 is 15.7 Å². The van der Waals surface area contributed by atoms with Crippen molar-refractivity contribution in [3.8, 4) is 0 Å². The minimum absolute atomic E-state index is 0.106. The average Bonchev–Trinajstić information content (AvgIpc) is 2.71. The maximum absolute atomic E-state index is 11.6. The summed E-state index contributed by atoms with van der Waals surface area (Å²) in [6.45, 7) is 3.52. The van der Waals surface area contributed by atoms with Gasteiger partial charge in [0.2, 0.25) is 11.8 Å². The van der Waals surface area contributed by atoms with Crippen molar-refractivity contribution in [2.24, 2.45) is 0 Å². The van der Waals surface area contributed by atoms with E-state index in [0.29, 0.717) is 11.4 Å². The van der Waals surface area contributed by atoms with Gasteiger partial charge in [-0.3, -0.25) is 9.59 Å². The van der Waals surface area contributed by atoms with E-state index in [9.17, 15) is 14.4 Å². The molecule has 1 rings (SSSR count). The van der Waals surface area contributed by atoms with Gasteiger partial charge in [-0.25, -0.2) is 4.79 Å². The second-order valence-corrected chi connectivity index (χ2v) is 5.03. The number of carboxylic acids is 1. The molecule has 6 nitrogen and oxygen atoms in total. The second kappa shape index (κ2) is 6.89. The predicted octanol–water partition coefficient (Wildman–Crippen LogP) is 1.47. The van der Waals surface area contributed by atoms with Gasteiger partial charge in [-0.05, 0) is 12.5 Å². The first-order chi connectivity index (χ1) is 8.93. The highest BCUT2D eigenvalue weighted by atomic mass is 32.1. The number of rotatable bonds is 6. The first-order valence-corrected chi connectivity index (χ1v) is 6.66. The number of anilines is 1. The van der Waals surface area contributed by atoms with Gasteiger partial charge in [0.15, 0.2) is 0 Å². The van der Waals surface area contributed by atoms with Crippen LogP contribution in [-0.2, 0) is 16.0 Å². The Bertz CT molecular complexity index is 496. The van der Waals surface area contributed by atoms with Crippen molar-refractivity contribution in [1.82, 2.24) is 5.32 Å². The Labute approximate surface area is 114 Å². The molecule has 1 aromatic rings. The first kappa shape index (κ1) is 15.2. The van der Waals surface area contributed by atoms with Gasteiger partial charge in [0, 0.05) is 24.8 Å². The van der Waals surface area contributed by atoms with Crippen LogP contribution in [0.15, 0.2) is 6.07 Å². The number of aryl methyl sites for hydroxylation is 1. The molecule has 1 heterocycles. The smallest absolute Gasteiger partial charge is 0.338 e. The van der Waals surface area contributed by atoms with Gasteiger partial charge in [-0.2, -0.15) is 0 Å². The third-order valence-electron chi connectivity index (χ3n) is 2.34. The van der Waals surface area contributed by atoms with Crippen LogP contribution in [0.5, 0.6) is 0 Å². The standard InChI is InChI=1S/C12H16N2O4S/c1-3-8-6-9(12(17)18)11(19-8)14-10(16)4-5-13-7(2)15/h6H,3-5H2,1-2H3,(H,13,15)(H,14,16)(H,17,18). The third kappa shape index (κ3) is 4.70. The molecule has 0 aliphatic rings. The molecule has 0 aromatic carbocycles. The lowest BCUT2D eigenvalue weighted by Gasteiger charge is -2.04. The zero-order valence-corrected chi connectivity index (χ0v) is 11.6. The molecule has 3 N–H and O–H groups in total.